The molecule has 1 aliphatic rings. The van der Waals surface area contributed by atoms with Gasteiger partial charge in [-0.1, -0.05) is 34.1 Å². The fourth-order valence-electron chi connectivity index (χ4n) is 1.30. The van der Waals surface area contributed by atoms with Gasteiger partial charge in [-0.25, -0.2) is 0 Å². The predicted molar refractivity (Wildman–Crippen MR) is 56.2 cm³/mol. The number of halogens is 1. The molecule has 0 aliphatic carbocycles. The summed E-state index contributed by atoms with van der Waals surface area (Å²) in [6.07, 6.45) is 1.32. The second kappa shape index (κ2) is 3.92. The summed E-state index contributed by atoms with van der Waals surface area (Å²) in [7, 11) is 0. The molecule has 1 heterocycles. The standard InChI is InChI=1S/C10H8BrNO2/c11-8-4-2-1-3-7(8)5-9-10(13)12-6-14-9/h1-4,6,9H,5H2. The Kier molecular flexibility index (Phi) is 2.63. The van der Waals surface area contributed by atoms with Crippen molar-refractivity contribution in [2.24, 2.45) is 4.99 Å². The molecule has 1 aromatic rings. The Morgan fingerprint density at radius 3 is 2.86 bits per heavy atom. The third-order valence-corrected chi connectivity index (χ3v) is 2.82. The lowest BCUT2D eigenvalue weighted by Crippen LogP contribution is -2.19. The Morgan fingerprint density at radius 1 is 1.43 bits per heavy atom. The number of ether oxygens (including phenoxy) is 1. The molecule has 0 N–H and O–H groups in total. The van der Waals surface area contributed by atoms with Crippen molar-refractivity contribution in [3.05, 3.63) is 34.3 Å². The molecule has 0 spiro atoms. The maximum atomic E-state index is 11.2. The van der Waals surface area contributed by atoms with Gasteiger partial charge in [-0.05, 0) is 11.6 Å². The number of benzene rings is 1. The van der Waals surface area contributed by atoms with Crippen LogP contribution in [0.4, 0.5) is 0 Å². The Bertz CT molecular complexity index is 389. The molecule has 14 heavy (non-hydrogen) atoms. The number of carbonyl (C=O) groups excluding carboxylic acids is 1. The van der Waals surface area contributed by atoms with Crippen molar-refractivity contribution in [3.8, 4) is 0 Å². The van der Waals surface area contributed by atoms with Gasteiger partial charge in [-0.2, -0.15) is 4.99 Å². The minimum absolute atomic E-state index is 0.208. The van der Waals surface area contributed by atoms with Crippen LogP contribution in [0.2, 0.25) is 0 Å². The summed E-state index contributed by atoms with van der Waals surface area (Å²) in [5.74, 6) is -0.208. The minimum Gasteiger partial charge on any atom is -0.470 e. The molecule has 1 unspecified atom stereocenters. The van der Waals surface area contributed by atoms with Crippen LogP contribution in [0.1, 0.15) is 5.56 Å². The van der Waals surface area contributed by atoms with Crippen molar-refractivity contribution in [2.45, 2.75) is 12.5 Å². The Hall–Kier alpha value is -1.16. The highest BCUT2D eigenvalue weighted by Crippen LogP contribution is 2.19. The predicted octanol–water partition coefficient (Wildman–Crippen LogP) is 1.95. The molecule has 0 bridgehead atoms. The zero-order valence-corrected chi connectivity index (χ0v) is 8.90. The van der Waals surface area contributed by atoms with Gasteiger partial charge in [-0.3, -0.25) is 4.79 Å². The van der Waals surface area contributed by atoms with Gasteiger partial charge in [0.1, 0.15) is 0 Å². The highest BCUT2D eigenvalue weighted by molar-refractivity contribution is 9.10. The molecule has 0 saturated carbocycles. The van der Waals surface area contributed by atoms with Gasteiger partial charge in [0.2, 0.25) is 0 Å². The zero-order chi connectivity index (χ0) is 9.97. The largest absolute Gasteiger partial charge is 0.470 e. The van der Waals surface area contributed by atoms with Crippen LogP contribution in [0.25, 0.3) is 0 Å². The van der Waals surface area contributed by atoms with Crippen LogP contribution in [-0.2, 0) is 16.0 Å². The van der Waals surface area contributed by atoms with Gasteiger partial charge >= 0.3 is 0 Å². The molecule has 1 aliphatic heterocycles. The van der Waals surface area contributed by atoms with Crippen molar-refractivity contribution < 1.29 is 9.53 Å². The quantitative estimate of drug-likeness (QED) is 0.809. The summed E-state index contributed by atoms with van der Waals surface area (Å²) in [4.78, 5) is 14.7. The van der Waals surface area contributed by atoms with Crippen molar-refractivity contribution in [3.63, 3.8) is 0 Å². The number of hydrogen-bond acceptors (Lipinski definition) is 2. The van der Waals surface area contributed by atoms with Crippen LogP contribution < -0.4 is 0 Å². The topological polar surface area (TPSA) is 38.7 Å². The maximum absolute atomic E-state index is 11.2. The summed E-state index contributed by atoms with van der Waals surface area (Å²) < 4.78 is 6.05. The van der Waals surface area contributed by atoms with Crippen LogP contribution in [-0.4, -0.2) is 18.4 Å². The van der Waals surface area contributed by atoms with E-state index < -0.39 is 6.10 Å². The lowest BCUT2D eigenvalue weighted by Gasteiger charge is -2.08. The number of rotatable bonds is 2. The fourth-order valence-corrected chi connectivity index (χ4v) is 1.74. The first-order valence-corrected chi connectivity index (χ1v) is 5.02. The van der Waals surface area contributed by atoms with Gasteiger partial charge in [0, 0.05) is 10.9 Å². The molecule has 1 atom stereocenters. The van der Waals surface area contributed by atoms with E-state index in [4.69, 9.17) is 4.74 Å². The molecule has 72 valence electrons. The van der Waals surface area contributed by atoms with E-state index in [1.165, 1.54) is 6.40 Å². The first-order chi connectivity index (χ1) is 6.77. The van der Waals surface area contributed by atoms with Crippen LogP contribution in [0.3, 0.4) is 0 Å². The maximum Gasteiger partial charge on any atom is 0.289 e. The lowest BCUT2D eigenvalue weighted by atomic mass is 10.1. The van der Waals surface area contributed by atoms with Crippen LogP contribution >= 0.6 is 15.9 Å². The normalized spacial score (nSPS) is 19.8. The first-order valence-electron chi connectivity index (χ1n) is 4.22. The molecule has 0 saturated heterocycles. The SMILES string of the molecule is O=C1N=COC1Cc1ccccc1Br. The van der Waals surface area contributed by atoms with Gasteiger partial charge in [0.15, 0.2) is 12.5 Å². The van der Waals surface area contributed by atoms with E-state index in [0.29, 0.717) is 6.42 Å². The molecule has 4 heteroatoms. The average Bonchev–Trinajstić information content (AvgIpc) is 2.56. The third kappa shape index (κ3) is 1.85. The summed E-state index contributed by atoms with van der Waals surface area (Å²) in [5, 5.41) is 0. The fraction of sp³-hybridized carbons (Fsp3) is 0.200. The first kappa shape index (κ1) is 9.40. The number of hydrogen-bond donors (Lipinski definition) is 0. The second-order valence-electron chi connectivity index (χ2n) is 2.99. The van der Waals surface area contributed by atoms with E-state index in [2.05, 4.69) is 20.9 Å². The van der Waals surface area contributed by atoms with Crippen molar-refractivity contribution >= 4 is 28.2 Å². The highest BCUT2D eigenvalue weighted by atomic mass is 79.9. The third-order valence-electron chi connectivity index (χ3n) is 2.04. The van der Waals surface area contributed by atoms with E-state index in [-0.39, 0.29) is 5.91 Å². The van der Waals surface area contributed by atoms with Crippen molar-refractivity contribution in [1.82, 2.24) is 0 Å². The molecule has 2 rings (SSSR count). The number of aliphatic imine (C=N–C) groups is 1. The Labute approximate surface area is 89.9 Å². The molecular formula is C10H8BrNO2. The minimum atomic E-state index is -0.450. The van der Waals surface area contributed by atoms with Gasteiger partial charge in [0.05, 0.1) is 0 Å². The number of nitrogens with zero attached hydrogens (tertiary/aromatic N) is 1. The number of carbonyl (C=O) groups is 1. The van der Waals surface area contributed by atoms with Gasteiger partial charge < -0.3 is 4.74 Å². The van der Waals surface area contributed by atoms with E-state index in [9.17, 15) is 4.79 Å². The Balaban J connectivity index is 2.12. The molecule has 0 aromatic heterocycles. The van der Waals surface area contributed by atoms with E-state index in [0.717, 1.165) is 10.0 Å². The van der Waals surface area contributed by atoms with Crippen molar-refractivity contribution in [2.75, 3.05) is 0 Å². The molecule has 1 aromatic carbocycles. The van der Waals surface area contributed by atoms with Crippen molar-refractivity contribution in [1.29, 1.82) is 0 Å². The molecular weight excluding hydrogens is 246 g/mol. The van der Waals surface area contributed by atoms with Crippen LogP contribution in [0.5, 0.6) is 0 Å². The van der Waals surface area contributed by atoms with Gasteiger partial charge in [0.25, 0.3) is 5.91 Å². The van der Waals surface area contributed by atoms with Crippen LogP contribution in [0.15, 0.2) is 33.7 Å². The smallest absolute Gasteiger partial charge is 0.289 e. The zero-order valence-electron chi connectivity index (χ0n) is 7.31. The Morgan fingerprint density at radius 2 is 2.21 bits per heavy atom. The number of amides is 1. The average molecular weight is 254 g/mol. The summed E-state index contributed by atoms with van der Waals surface area (Å²) in [6, 6.07) is 7.76. The summed E-state index contributed by atoms with van der Waals surface area (Å²) in [6.45, 7) is 0. The van der Waals surface area contributed by atoms with E-state index in [1.54, 1.807) is 0 Å². The molecule has 0 fully saturated rings. The summed E-state index contributed by atoms with van der Waals surface area (Å²) in [5.41, 5.74) is 1.05. The van der Waals surface area contributed by atoms with E-state index >= 15 is 0 Å². The second-order valence-corrected chi connectivity index (χ2v) is 3.85. The van der Waals surface area contributed by atoms with Gasteiger partial charge in [-0.15, -0.1) is 0 Å². The van der Waals surface area contributed by atoms with E-state index in [1.807, 2.05) is 24.3 Å². The lowest BCUT2D eigenvalue weighted by molar-refractivity contribution is -0.122. The monoisotopic (exact) mass is 253 g/mol. The molecule has 3 nitrogen and oxygen atoms in total. The highest BCUT2D eigenvalue weighted by Gasteiger charge is 2.23. The van der Waals surface area contributed by atoms with Crippen LogP contribution in [0, 0.1) is 0 Å². The molecule has 0 radical (unpaired) electrons. The summed E-state index contributed by atoms with van der Waals surface area (Å²) >= 11 is 3.42. The molecule has 1 amide bonds.